The Bertz CT molecular complexity index is 1160. The van der Waals surface area contributed by atoms with Crippen LogP contribution in [0.4, 0.5) is 18.9 Å². The van der Waals surface area contributed by atoms with Gasteiger partial charge in [-0.15, -0.1) is 0 Å². The predicted octanol–water partition coefficient (Wildman–Crippen LogP) is 4.80. The van der Waals surface area contributed by atoms with Crippen LogP contribution >= 0.6 is 11.6 Å². The lowest BCUT2D eigenvalue weighted by atomic mass is 9.97. The molecule has 1 aliphatic heterocycles. The molecular formula is C22H18ClF3N4O. The zero-order valence-electron chi connectivity index (χ0n) is 16.4. The number of piperazine rings is 1. The second-order valence-electron chi connectivity index (χ2n) is 7.14. The Balaban J connectivity index is 1.73. The van der Waals surface area contributed by atoms with E-state index in [1.807, 2.05) is 0 Å². The molecule has 4 rings (SSSR count). The molecule has 31 heavy (non-hydrogen) atoms. The average Bonchev–Trinajstić information content (AvgIpc) is 2.77. The van der Waals surface area contributed by atoms with Crippen LogP contribution < -0.4 is 4.90 Å². The van der Waals surface area contributed by atoms with Gasteiger partial charge < -0.3 is 9.80 Å². The van der Waals surface area contributed by atoms with Crippen molar-refractivity contribution in [2.75, 3.05) is 31.1 Å². The first-order chi connectivity index (χ1) is 14.8. The van der Waals surface area contributed by atoms with Crippen LogP contribution in [0.1, 0.15) is 5.56 Å². The molecule has 0 unspecified atom stereocenters. The lowest BCUT2D eigenvalue weighted by Crippen LogP contribution is -2.48. The molecule has 1 aromatic heterocycles. The molecule has 0 aliphatic carbocycles. The number of benzene rings is 2. The highest BCUT2D eigenvalue weighted by Crippen LogP contribution is 2.41. The number of amides is 1. The van der Waals surface area contributed by atoms with Crippen molar-refractivity contribution in [2.24, 2.45) is 0 Å². The van der Waals surface area contributed by atoms with E-state index in [9.17, 15) is 18.0 Å². The largest absolute Gasteiger partial charge is 0.417 e. The van der Waals surface area contributed by atoms with E-state index in [1.165, 1.54) is 30.3 Å². The molecule has 1 aliphatic rings. The summed E-state index contributed by atoms with van der Waals surface area (Å²) in [5.41, 5.74) is 0.690. The van der Waals surface area contributed by atoms with Gasteiger partial charge in [-0.1, -0.05) is 36.4 Å². The number of alkyl halides is 3. The standard InChI is InChI=1S/C22H18ClF3N4O/c1-2-21(31)30-9-7-29(8-10-30)20-13-27-28-19-12-15(18(23)11-16(19)20)14-5-3-4-6-17(14)22(24,25)26/h2-6,11-13H,1,7-10H2. The molecule has 1 saturated heterocycles. The van der Waals surface area contributed by atoms with E-state index in [2.05, 4.69) is 21.7 Å². The van der Waals surface area contributed by atoms with Crippen molar-refractivity contribution in [3.63, 3.8) is 0 Å². The number of carbonyl (C=O) groups excluding carboxylic acids is 1. The van der Waals surface area contributed by atoms with Gasteiger partial charge >= 0.3 is 6.18 Å². The number of hydrogen-bond acceptors (Lipinski definition) is 4. The van der Waals surface area contributed by atoms with Crippen LogP contribution in [0.2, 0.25) is 5.02 Å². The first-order valence-electron chi connectivity index (χ1n) is 9.57. The number of rotatable bonds is 3. The smallest absolute Gasteiger partial charge is 0.366 e. The number of fused-ring (bicyclic) bond motifs is 1. The summed E-state index contributed by atoms with van der Waals surface area (Å²) in [6.07, 6.45) is -1.61. The maximum atomic E-state index is 13.5. The molecule has 2 heterocycles. The number of anilines is 1. The van der Waals surface area contributed by atoms with Crippen molar-refractivity contribution in [1.29, 1.82) is 0 Å². The molecule has 5 nitrogen and oxygen atoms in total. The highest BCUT2D eigenvalue weighted by Gasteiger charge is 2.34. The molecule has 1 amide bonds. The highest BCUT2D eigenvalue weighted by atomic mass is 35.5. The number of halogens is 4. The van der Waals surface area contributed by atoms with Gasteiger partial charge in [0.2, 0.25) is 5.91 Å². The second-order valence-corrected chi connectivity index (χ2v) is 7.55. The van der Waals surface area contributed by atoms with E-state index in [0.29, 0.717) is 37.1 Å². The van der Waals surface area contributed by atoms with Crippen LogP contribution in [-0.2, 0) is 11.0 Å². The Morgan fingerprint density at radius 1 is 1.10 bits per heavy atom. The lowest BCUT2D eigenvalue weighted by Gasteiger charge is -2.35. The molecule has 160 valence electrons. The van der Waals surface area contributed by atoms with Gasteiger partial charge in [0, 0.05) is 42.2 Å². The van der Waals surface area contributed by atoms with E-state index < -0.39 is 11.7 Å². The van der Waals surface area contributed by atoms with Crippen molar-refractivity contribution in [3.8, 4) is 11.1 Å². The van der Waals surface area contributed by atoms with Gasteiger partial charge in [-0.05, 0) is 29.8 Å². The molecule has 2 aromatic carbocycles. The van der Waals surface area contributed by atoms with Gasteiger partial charge in [0.15, 0.2) is 0 Å². The fraction of sp³-hybridized carbons (Fsp3) is 0.227. The summed E-state index contributed by atoms with van der Waals surface area (Å²) in [4.78, 5) is 15.6. The first-order valence-corrected chi connectivity index (χ1v) is 9.95. The minimum atomic E-state index is -4.51. The Labute approximate surface area is 181 Å². The SMILES string of the molecule is C=CC(=O)N1CCN(c2cnnc3cc(-c4ccccc4C(F)(F)F)c(Cl)cc23)CC1. The molecule has 0 radical (unpaired) electrons. The molecule has 9 heteroatoms. The summed E-state index contributed by atoms with van der Waals surface area (Å²) in [7, 11) is 0. The molecule has 0 N–H and O–H groups in total. The van der Waals surface area contributed by atoms with Gasteiger partial charge in [0.05, 0.1) is 23.0 Å². The van der Waals surface area contributed by atoms with E-state index >= 15 is 0 Å². The maximum Gasteiger partial charge on any atom is 0.417 e. The fourth-order valence-electron chi connectivity index (χ4n) is 3.79. The van der Waals surface area contributed by atoms with Crippen LogP contribution in [0.5, 0.6) is 0 Å². The van der Waals surface area contributed by atoms with E-state index in [-0.39, 0.29) is 22.1 Å². The van der Waals surface area contributed by atoms with Crippen LogP contribution in [0.25, 0.3) is 22.0 Å². The predicted molar refractivity (Wildman–Crippen MR) is 114 cm³/mol. The Morgan fingerprint density at radius 3 is 2.48 bits per heavy atom. The summed E-state index contributed by atoms with van der Waals surface area (Å²) in [5, 5.41) is 9.04. The van der Waals surface area contributed by atoms with Gasteiger partial charge in [0.1, 0.15) is 0 Å². The minimum Gasteiger partial charge on any atom is -0.366 e. The van der Waals surface area contributed by atoms with Crippen LogP contribution in [0, 0.1) is 0 Å². The monoisotopic (exact) mass is 446 g/mol. The summed E-state index contributed by atoms with van der Waals surface area (Å²) < 4.78 is 40.5. The normalized spacial score (nSPS) is 14.7. The molecule has 0 bridgehead atoms. The topological polar surface area (TPSA) is 49.3 Å². The zero-order valence-corrected chi connectivity index (χ0v) is 17.1. The third-order valence-corrected chi connectivity index (χ3v) is 5.65. The van der Waals surface area contributed by atoms with Crippen molar-refractivity contribution < 1.29 is 18.0 Å². The third-order valence-electron chi connectivity index (χ3n) is 5.34. The quantitative estimate of drug-likeness (QED) is 0.542. The number of nitrogens with zero attached hydrogens (tertiary/aromatic N) is 4. The van der Waals surface area contributed by atoms with Crippen molar-refractivity contribution in [1.82, 2.24) is 15.1 Å². The van der Waals surface area contributed by atoms with Gasteiger partial charge in [-0.25, -0.2) is 0 Å². The maximum absolute atomic E-state index is 13.5. The lowest BCUT2D eigenvalue weighted by molar-refractivity contribution is -0.137. The van der Waals surface area contributed by atoms with E-state index in [0.717, 1.165) is 11.8 Å². The van der Waals surface area contributed by atoms with E-state index in [1.54, 1.807) is 17.2 Å². The Kier molecular flexibility index (Phi) is 5.58. The summed E-state index contributed by atoms with van der Waals surface area (Å²) in [6.45, 7) is 5.72. The average molecular weight is 447 g/mol. The molecular weight excluding hydrogens is 429 g/mol. The molecule has 0 atom stereocenters. The number of aromatic nitrogens is 2. The van der Waals surface area contributed by atoms with Gasteiger partial charge in [-0.3, -0.25) is 4.79 Å². The van der Waals surface area contributed by atoms with Crippen LogP contribution in [0.15, 0.2) is 55.3 Å². The summed E-state index contributed by atoms with van der Waals surface area (Å²) >= 11 is 6.46. The van der Waals surface area contributed by atoms with E-state index in [4.69, 9.17) is 11.6 Å². The first kappa shape index (κ1) is 21.1. The van der Waals surface area contributed by atoms with Gasteiger partial charge in [0.25, 0.3) is 0 Å². The summed E-state index contributed by atoms with van der Waals surface area (Å²) in [6, 6.07) is 8.47. The Morgan fingerprint density at radius 2 is 1.81 bits per heavy atom. The van der Waals surface area contributed by atoms with Crippen molar-refractivity contribution in [2.45, 2.75) is 6.18 Å². The van der Waals surface area contributed by atoms with Crippen molar-refractivity contribution in [3.05, 3.63) is 65.8 Å². The summed E-state index contributed by atoms with van der Waals surface area (Å²) in [5.74, 6) is -0.117. The highest BCUT2D eigenvalue weighted by molar-refractivity contribution is 6.34. The fourth-order valence-corrected chi connectivity index (χ4v) is 4.05. The molecule has 1 fully saturated rings. The second kappa shape index (κ2) is 8.19. The molecule has 0 spiro atoms. The Hall–Kier alpha value is -3.13. The van der Waals surface area contributed by atoms with Gasteiger partial charge in [-0.2, -0.15) is 23.4 Å². The minimum absolute atomic E-state index is 0.00865. The molecule has 3 aromatic rings. The van der Waals surface area contributed by atoms with Crippen molar-refractivity contribution >= 4 is 34.1 Å². The molecule has 0 saturated carbocycles. The van der Waals surface area contributed by atoms with Crippen LogP contribution in [-0.4, -0.2) is 47.2 Å². The number of carbonyl (C=O) groups is 1. The third kappa shape index (κ3) is 4.07. The van der Waals surface area contributed by atoms with Crippen LogP contribution in [0.3, 0.4) is 0 Å². The number of hydrogen-bond donors (Lipinski definition) is 0. The zero-order chi connectivity index (χ0) is 22.2.